The van der Waals surface area contributed by atoms with Gasteiger partial charge in [-0.3, -0.25) is 4.79 Å². The van der Waals surface area contributed by atoms with Crippen LogP contribution in [-0.4, -0.2) is 23.8 Å². The number of ketones is 1. The molecule has 0 radical (unpaired) electrons. The van der Waals surface area contributed by atoms with E-state index >= 15 is 0 Å². The van der Waals surface area contributed by atoms with Crippen LogP contribution in [-0.2, 0) is 4.74 Å². The zero-order valence-corrected chi connectivity index (χ0v) is 7.47. The second kappa shape index (κ2) is 3.44. The molecule has 0 aliphatic rings. The molecular weight excluding hydrogens is 178 g/mol. The van der Waals surface area contributed by atoms with Gasteiger partial charge in [-0.25, -0.2) is 9.78 Å². The molecule has 1 aromatic heterocycles. The van der Waals surface area contributed by atoms with Crippen LogP contribution in [0.1, 0.15) is 27.1 Å². The van der Waals surface area contributed by atoms with Crippen molar-refractivity contribution >= 4 is 23.1 Å². The van der Waals surface area contributed by atoms with Gasteiger partial charge in [0.25, 0.3) is 0 Å². The van der Waals surface area contributed by atoms with Gasteiger partial charge in [0, 0.05) is 6.92 Å². The fourth-order valence-electron chi connectivity index (χ4n) is 0.738. The van der Waals surface area contributed by atoms with E-state index in [4.69, 9.17) is 0 Å². The fraction of sp³-hybridized carbons (Fsp3) is 0.286. The number of ether oxygens (including phenoxy) is 1. The summed E-state index contributed by atoms with van der Waals surface area (Å²) < 4.78 is 4.44. The predicted molar refractivity (Wildman–Crippen MR) is 43.5 cm³/mol. The second-order valence-electron chi connectivity index (χ2n) is 2.08. The quantitative estimate of drug-likeness (QED) is 0.512. The molecule has 0 spiro atoms. The van der Waals surface area contributed by atoms with Crippen molar-refractivity contribution in [2.45, 2.75) is 6.92 Å². The maximum atomic E-state index is 11.0. The third kappa shape index (κ3) is 1.50. The Balaban J connectivity index is 3.07. The molecule has 4 nitrogen and oxygen atoms in total. The molecule has 0 saturated carbocycles. The summed E-state index contributed by atoms with van der Waals surface area (Å²) in [6.45, 7) is 1.39. The number of esters is 1. The fourth-order valence-corrected chi connectivity index (χ4v) is 1.42. The van der Waals surface area contributed by atoms with E-state index in [0.717, 1.165) is 11.3 Å². The number of carbonyl (C=O) groups excluding carboxylic acids is 2. The highest BCUT2D eigenvalue weighted by atomic mass is 32.1. The van der Waals surface area contributed by atoms with Crippen LogP contribution in [0.5, 0.6) is 0 Å². The molecule has 0 amide bonds. The maximum absolute atomic E-state index is 11.0. The zero-order valence-electron chi connectivity index (χ0n) is 6.66. The standard InChI is InChI=1S/C7H7NO3S/c1-4(9)6-5(7(10)11-2)8-3-12-6/h3H,1-2H3. The number of nitrogens with zero attached hydrogens (tertiary/aromatic N) is 1. The van der Waals surface area contributed by atoms with Gasteiger partial charge in [-0.2, -0.15) is 0 Å². The third-order valence-electron chi connectivity index (χ3n) is 1.27. The Labute approximate surface area is 73.2 Å². The normalized spacial score (nSPS) is 9.50. The second-order valence-corrected chi connectivity index (χ2v) is 2.93. The maximum Gasteiger partial charge on any atom is 0.358 e. The largest absolute Gasteiger partial charge is 0.464 e. The Morgan fingerprint density at radius 1 is 1.58 bits per heavy atom. The number of Topliss-reactive ketones (excluding diaryl/α,β-unsaturated/α-hetero) is 1. The summed E-state index contributed by atoms with van der Waals surface area (Å²) in [4.78, 5) is 26.0. The van der Waals surface area contributed by atoms with Crippen LogP contribution in [0, 0.1) is 0 Å². The van der Waals surface area contributed by atoms with Crippen molar-refractivity contribution in [3.05, 3.63) is 16.1 Å². The minimum absolute atomic E-state index is 0.106. The first-order valence-corrected chi connectivity index (χ1v) is 4.07. The van der Waals surface area contributed by atoms with Crippen molar-refractivity contribution in [3.8, 4) is 0 Å². The van der Waals surface area contributed by atoms with E-state index in [9.17, 15) is 9.59 Å². The van der Waals surface area contributed by atoms with Crippen molar-refractivity contribution in [2.75, 3.05) is 7.11 Å². The van der Waals surface area contributed by atoms with E-state index in [0.29, 0.717) is 4.88 Å². The van der Waals surface area contributed by atoms with Crippen molar-refractivity contribution in [1.82, 2.24) is 4.98 Å². The van der Waals surface area contributed by atoms with E-state index in [1.807, 2.05) is 0 Å². The SMILES string of the molecule is COC(=O)c1ncsc1C(C)=O. The average Bonchev–Trinajstić information content (AvgIpc) is 2.50. The van der Waals surface area contributed by atoms with Gasteiger partial charge in [-0.15, -0.1) is 11.3 Å². The van der Waals surface area contributed by atoms with Gasteiger partial charge in [-0.05, 0) is 0 Å². The molecule has 0 aliphatic carbocycles. The molecule has 0 unspecified atom stereocenters. The van der Waals surface area contributed by atoms with Crippen LogP contribution in [0.3, 0.4) is 0 Å². The number of thiazole rings is 1. The first-order valence-electron chi connectivity index (χ1n) is 3.19. The van der Waals surface area contributed by atoms with E-state index < -0.39 is 5.97 Å². The molecule has 0 aliphatic heterocycles. The summed E-state index contributed by atoms with van der Waals surface area (Å²) in [6, 6.07) is 0. The Hall–Kier alpha value is -1.23. The van der Waals surface area contributed by atoms with Crippen molar-refractivity contribution in [1.29, 1.82) is 0 Å². The smallest absolute Gasteiger partial charge is 0.358 e. The molecule has 1 aromatic rings. The third-order valence-corrected chi connectivity index (χ3v) is 2.19. The van der Waals surface area contributed by atoms with E-state index in [1.165, 1.54) is 19.5 Å². The molecule has 0 bridgehead atoms. The summed E-state index contributed by atoms with van der Waals surface area (Å²) in [5, 5.41) is 0. The molecule has 64 valence electrons. The van der Waals surface area contributed by atoms with Gasteiger partial charge in [0.15, 0.2) is 11.5 Å². The van der Waals surface area contributed by atoms with Crippen LogP contribution in [0.25, 0.3) is 0 Å². The number of carbonyl (C=O) groups is 2. The number of hydrogen-bond donors (Lipinski definition) is 0. The van der Waals surface area contributed by atoms with Gasteiger partial charge in [0.05, 0.1) is 12.6 Å². The highest BCUT2D eigenvalue weighted by Crippen LogP contribution is 2.14. The first kappa shape index (κ1) is 8.86. The topological polar surface area (TPSA) is 56.3 Å². The molecule has 0 saturated heterocycles. The molecule has 5 heteroatoms. The summed E-state index contributed by atoms with van der Waals surface area (Å²) in [6.07, 6.45) is 0. The Kier molecular flexibility index (Phi) is 2.54. The number of aromatic nitrogens is 1. The van der Waals surface area contributed by atoms with Gasteiger partial charge in [0.1, 0.15) is 4.88 Å². The molecule has 0 aromatic carbocycles. The van der Waals surface area contributed by atoms with Crippen LogP contribution in [0.4, 0.5) is 0 Å². The highest BCUT2D eigenvalue weighted by molar-refractivity contribution is 7.12. The Bertz CT molecular complexity index is 318. The minimum atomic E-state index is -0.568. The van der Waals surface area contributed by atoms with Crippen LogP contribution in [0.2, 0.25) is 0 Å². The summed E-state index contributed by atoms with van der Waals surface area (Å²) in [7, 11) is 1.26. The van der Waals surface area contributed by atoms with Crippen molar-refractivity contribution in [2.24, 2.45) is 0 Å². The highest BCUT2D eigenvalue weighted by Gasteiger charge is 2.17. The monoisotopic (exact) mass is 185 g/mol. The predicted octanol–water partition coefficient (Wildman–Crippen LogP) is 1.13. The minimum Gasteiger partial charge on any atom is -0.464 e. The molecule has 1 rings (SSSR count). The lowest BCUT2D eigenvalue weighted by atomic mass is 10.3. The van der Waals surface area contributed by atoms with E-state index in [2.05, 4.69) is 9.72 Å². The molecule has 0 N–H and O–H groups in total. The van der Waals surface area contributed by atoms with Gasteiger partial charge < -0.3 is 4.74 Å². The van der Waals surface area contributed by atoms with E-state index in [-0.39, 0.29) is 11.5 Å². The van der Waals surface area contributed by atoms with Gasteiger partial charge >= 0.3 is 5.97 Å². The number of hydrogen-bond acceptors (Lipinski definition) is 5. The lowest BCUT2D eigenvalue weighted by Crippen LogP contribution is -2.06. The zero-order chi connectivity index (χ0) is 9.14. The Morgan fingerprint density at radius 3 is 2.75 bits per heavy atom. The molecule has 0 fully saturated rings. The Morgan fingerprint density at radius 2 is 2.25 bits per heavy atom. The lowest BCUT2D eigenvalue weighted by molar-refractivity contribution is 0.0591. The summed E-state index contributed by atoms with van der Waals surface area (Å²) in [5.74, 6) is -0.737. The lowest BCUT2D eigenvalue weighted by Gasteiger charge is -1.95. The number of methoxy groups -OCH3 is 1. The van der Waals surface area contributed by atoms with Crippen molar-refractivity contribution < 1.29 is 14.3 Å². The first-order chi connectivity index (χ1) is 5.66. The van der Waals surface area contributed by atoms with Crippen LogP contribution >= 0.6 is 11.3 Å². The summed E-state index contributed by atoms with van der Waals surface area (Å²) in [5.41, 5.74) is 1.55. The molecule has 0 atom stereocenters. The van der Waals surface area contributed by atoms with E-state index in [1.54, 1.807) is 0 Å². The molecule has 12 heavy (non-hydrogen) atoms. The number of rotatable bonds is 2. The molecular formula is C7H7NO3S. The van der Waals surface area contributed by atoms with Crippen LogP contribution in [0.15, 0.2) is 5.51 Å². The van der Waals surface area contributed by atoms with Gasteiger partial charge in [-0.1, -0.05) is 0 Å². The van der Waals surface area contributed by atoms with Crippen LogP contribution < -0.4 is 0 Å². The average molecular weight is 185 g/mol. The summed E-state index contributed by atoms with van der Waals surface area (Å²) >= 11 is 1.14. The van der Waals surface area contributed by atoms with Crippen molar-refractivity contribution in [3.63, 3.8) is 0 Å². The molecule has 1 heterocycles. The van der Waals surface area contributed by atoms with Gasteiger partial charge in [0.2, 0.25) is 0 Å².